The molecule has 0 spiro atoms. The predicted molar refractivity (Wildman–Crippen MR) is 113 cm³/mol. The largest absolute Gasteiger partial charge is 0.351 e. The number of nitrogens with zero attached hydrogens (tertiary/aromatic N) is 1. The number of sulfonamides is 1. The lowest BCUT2D eigenvalue weighted by atomic mass is 9.87. The summed E-state index contributed by atoms with van der Waals surface area (Å²) in [6, 6.07) is 11.0. The zero-order valence-corrected chi connectivity index (χ0v) is 18.5. The van der Waals surface area contributed by atoms with Gasteiger partial charge in [0.05, 0.1) is 0 Å². The van der Waals surface area contributed by atoms with Gasteiger partial charge in [-0.1, -0.05) is 45.0 Å². The van der Waals surface area contributed by atoms with E-state index in [4.69, 9.17) is 0 Å². The van der Waals surface area contributed by atoms with Crippen LogP contribution in [-0.2, 0) is 26.8 Å². The van der Waals surface area contributed by atoms with Crippen molar-refractivity contribution in [2.45, 2.75) is 62.7 Å². The number of hydrogen-bond acceptors (Lipinski definition) is 4. The minimum absolute atomic E-state index is 0.0840. The molecule has 152 valence electrons. The molecule has 1 fully saturated rings. The molecule has 7 heteroatoms. The van der Waals surface area contributed by atoms with Crippen LogP contribution in [0.4, 0.5) is 0 Å². The zero-order chi connectivity index (χ0) is 20.5. The van der Waals surface area contributed by atoms with E-state index < -0.39 is 16.1 Å². The summed E-state index contributed by atoms with van der Waals surface area (Å²) in [7, 11) is -3.63. The van der Waals surface area contributed by atoms with Gasteiger partial charge in [0.1, 0.15) is 10.3 Å². The van der Waals surface area contributed by atoms with Gasteiger partial charge in [-0.25, -0.2) is 8.42 Å². The molecular formula is C21H28N2O3S2. The molecule has 2 heterocycles. The Labute approximate surface area is 171 Å². The van der Waals surface area contributed by atoms with Gasteiger partial charge in [0.2, 0.25) is 5.91 Å². The fourth-order valence-corrected chi connectivity index (χ4v) is 6.45. The molecule has 28 heavy (non-hydrogen) atoms. The van der Waals surface area contributed by atoms with Crippen molar-refractivity contribution in [2.75, 3.05) is 6.54 Å². The van der Waals surface area contributed by atoms with E-state index >= 15 is 0 Å². The van der Waals surface area contributed by atoms with Gasteiger partial charge < -0.3 is 5.32 Å². The van der Waals surface area contributed by atoms with Crippen LogP contribution >= 0.6 is 11.3 Å². The maximum absolute atomic E-state index is 12.9. The number of carbonyl (C=O) groups excluding carboxylic acids is 1. The zero-order valence-electron chi connectivity index (χ0n) is 16.9. The average molecular weight is 421 g/mol. The highest BCUT2D eigenvalue weighted by Gasteiger charge is 2.39. The van der Waals surface area contributed by atoms with Gasteiger partial charge in [0.25, 0.3) is 10.0 Å². The maximum Gasteiger partial charge on any atom is 0.253 e. The summed E-state index contributed by atoms with van der Waals surface area (Å²) in [6.45, 7) is 9.14. The summed E-state index contributed by atoms with van der Waals surface area (Å²) in [5, 5.41) is 2.92. The van der Waals surface area contributed by atoms with Crippen molar-refractivity contribution in [3.63, 3.8) is 0 Å². The van der Waals surface area contributed by atoms with Gasteiger partial charge in [-0.3, -0.25) is 4.79 Å². The first-order valence-electron chi connectivity index (χ1n) is 9.54. The van der Waals surface area contributed by atoms with E-state index in [1.807, 2.05) is 19.1 Å². The summed E-state index contributed by atoms with van der Waals surface area (Å²) in [4.78, 5) is 13.7. The quantitative estimate of drug-likeness (QED) is 0.800. The van der Waals surface area contributed by atoms with Crippen molar-refractivity contribution in [3.05, 3.63) is 52.4 Å². The number of carbonyl (C=O) groups is 1. The van der Waals surface area contributed by atoms with Crippen LogP contribution in [-0.4, -0.2) is 31.2 Å². The highest BCUT2D eigenvalue weighted by atomic mass is 32.2. The normalized spacial score (nSPS) is 18.4. The summed E-state index contributed by atoms with van der Waals surface area (Å²) < 4.78 is 27.5. The first-order chi connectivity index (χ1) is 13.1. The molecule has 0 bridgehead atoms. The molecule has 0 radical (unpaired) electrons. The second kappa shape index (κ2) is 7.97. The highest BCUT2D eigenvalue weighted by Crippen LogP contribution is 2.30. The van der Waals surface area contributed by atoms with Gasteiger partial charge in [-0.05, 0) is 48.4 Å². The molecule has 1 saturated heterocycles. The number of rotatable bonds is 5. The van der Waals surface area contributed by atoms with Gasteiger partial charge >= 0.3 is 0 Å². The third-order valence-electron chi connectivity index (χ3n) is 5.07. The van der Waals surface area contributed by atoms with Crippen molar-refractivity contribution in [2.24, 2.45) is 0 Å². The molecule has 0 aliphatic carbocycles. The van der Waals surface area contributed by atoms with Crippen LogP contribution in [0.2, 0.25) is 0 Å². The molecular weight excluding hydrogens is 392 g/mol. The lowest BCUT2D eigenvalue weighted by Crippen LogP contribution is -2.45. The lowest BCUT2D eigenvalue weighted by Gasteiger charge is -2.23. The summed E-state index contributed by atoms with van der Waals surface area (Å²) in [5.74, 6) is -0.228. The Hall–Kier alpha value is -1.70. The minimum Gasteiger partial charge on any atom is -0.351 e. The SMILES string of the molecule is Cc1ccc(S(=O)(=O)N2CCC[C@@H]2C(=O)NCc2ccc(C(C)(C)C)cc2)s1. The minimum atomic E-state index is -3.63. The lowest BCUT2D eigenvalue weighted by molar-refractivity contribution is -0.124. The third kappa shape index (κ3) is 4.47. The van der Waals surface area contributed by atoms with Crippen LogP contribution in [0.3, 0.4) is 0 Å². The Kier molecular flexibility index (Phi) is 5.98. The smallest absolute Gasteiger partial charge is 0.253 e. The molecule has 5 nitrogen and oxygen atoms in total. The molecule has 2 aromatic rings. The van der Waals surface area contributed by atoms with E-state index in [-0.39, 0.29) is 11.3 Å². The summed E-state index contributed by atoms with van der Waals surface area (Å²) in [6.07, 6.45) is 1.25. The number of benzene rings is 1. The van der Waals surface area contributed by atoms with Crippen molar-refractivity contribution in [3.8, 4) is 0 Å². The van der Waals surface area contributed by atoms with Crippen LogP contribution in [0.1, 0.15) is 49.6 Å². The molecule has 1 amide bonds. The monoisotopic (exact) mass is 420 g/mol. The Balaban J connectivity index is 1.67. The Morgan fingerprint density at radius 2 is 1.86 bits per heavy atom. The van der Waals surface area contributed by atoms with Crippen LogP contribution in [0.5, 0.6) is 0 Å². The molecule has 1 atom stereocenters. The van der Waals surface area contributed by atoms with Crippen LogP contribution in [0.15, 0.2) is 40.6 Å². The molecule has 0 unspecified atom stereocenters. The molecule has 1 aromatic heterocycles. The Bertz CT molecular complexity index is 941. The second-order valence-corrected chi connectivity index (χ2v) is 11.7. The van der Waals surface area contributed by atoms with E-state index in [0.29, 0.717) is 30.1 Å². The van der Waals surface area contributed by atoms with E-state index in [9.17, 15) is 13.2 Å². The van der Waals surface area contributed by atoms with Gasteiger partial charge in [-0.2, -0.15) is 4.31 Å². The van der Waals surface area contributed by atoms with E-state index in [1.54, 1.807) is 12.1 Å². The molecule has 1 aliphatic heterocycles. The number of nitrogens with one attached hydrogen (secondary N) is 1. The van der Waals surface area contributed by atoms with E-state index in [0.717, 1.165) is 10.4 Å². The van der Waals surface area contributed by atoms with Crippen molar-refractivity contribution < 1.29 is 13.2 Å². The standard InChI is InChI=1S/C21H28N2O3S2/c1-15-7-12-19(27-15)28(25,26)23-13-5-6-18(23)20(24)22-14-16-8-10-17(11-9-16)21(2,3)4/h7-12,18H,5-6,13-14H2,1-4H3,(H,22,24)/t18-/m1/s1. The number of thiophene rings is 1. The van der Waals surface area contributed by atoms with Crippen molar-refractivity contribution in [1.29, 1.82) is 0 Å². The number of hydrogen-bond donors (Lipinski definition) is 1. The Morgan fingerprint density at radius 1 is 1.18 bits per heavy atom. The maximum atomic E-state index is 12.9. The first kappa shape index (κ1) is 21.0. The topological polar surface area (TPSA) is 66.5 Å². The molecule has 1 N–H and O–H groups in total. The van der Waals surface area contributed by atoms with Crippen LogP contribution in [0, 0.1) is 6.92 Å². The number of amides is 1. The fourth-order valence-electron chi connectivity index (χ4n) is 3.39. The van der Waals surface area contributed by atoms with E-state index in [2.05, 4.69) is 38.2 Å². The summed E-state index contributed by atoms with van der Waals surface area (Å²) in [5.41, 5.74) is 2.32. The van der Waals surface area contributed by atoms with Gasteiger partial charge in [0.15, 0.2) is 0 Å². The Morgan fingerprint density at radius 3 is 2.43 bits per heavy atom. The molecule has 3 rings (SSSR count). The predicted octanol–water partition coefficient (Wildman–Crippen LogP) is 3.82. The second-order valence-electron chi connectivity index (χ2n) is 8.30. The van der Waals surface area contributed by atoms with Crippen molar-refractivity contribution >= 4 is 27.3 Å². The molecule has 1 aromatic carbocycles. The third-order valence-corrected chi connectivity index (χ3v) is 8.45. The first-order valence-corrected chi connectivity index (χ1v) is 11.8. The number of aryl methyl sites for hydroxylation is 1. The molecule has 0 saturated carbocycles. The van der Waals surface area contributed by atoms with Crippen molar-refractivity contribution in [1.82, 2.24) is 9.62 Å². The van der Waals surface area contributed by atoms with E-state index in [1.165, 1.54) is 21.2 Å². The van der Waals surface area contributed by atoms with Gasteiger partial charge in [0, 0.05) is 18.0 Å². The fraction of sp³-hybridized carbons (Fsp3) is 0.476. The highest BCUT2D eigenvalue weighted by molar-refractivity contribution is 7.91. The van der Waals surface area contributed by atoms with Gasteiger partial charge in [-0.15, -0.1) is 11.3 Å². The van der Waals surface area contributed by atoms with Crippen LogP contribution < -0.4 is 5.32 Å². The van der Waals surface area contributed by atoms with Crippen LogP contribution in [0.25, 0.3) is 0 Å². The molecule has 1 aliphatic rings. The summed E-state index contributed by atoms with van der Waals surface area (Å²) >= 11 is 1.25. The average Bonchev–Trinajstić information content (AvgIpc) is 3.29.